The number of carbonyl (C=O) groups is 1. The zero-order valence-corrected chi connectivity index (χ0v) is 5.51. The van der Waals surface area contributed by atoms with E-state index >= 15 is 0 Å². The van der Waals surface area contributed by atoms with E-state index in [1.807, 2.05) is 5.43 Å². The number of aryl methyl sites for hydroxylation is 1. The summed E-state index contributed by atoms with van der Waals surface area (Å²) < 4.78 is 0. The van der Waals surface area contributed by atoms with Crippen LogP contribution in [0.15, 0.2) is 6.20 Å². The van der Waals surface area contributed by atoms with Crippen LogP contribution < -0.4 is 11.3 Å². The average Bonchev–Trinajstić information content (AvgIpc) is 2.34. The Bertz CT molecular complexity index is 242. The van der Waals surface area contributed by atoms with Crippen molar-refractivity contribution in [2.75, 3.05) is 0 Å². The Hall–Kier alpha value is -1.36. The van der Waals surface area contributed by atoms with Crippen molar-refractivity contribution in [2.45, 2.75) is 6.92 Å². The van der Waals surface area contributed by atoms with Gasteiger partial charge in [0, 0.05) is 0 Å². The summed E-state index contributed by atoms with van der Waals surface area (Å²) in [5.74, 6) is 5.20. The van der Waals surface area contributed by atoms with E-state index in [9.17, 15) is 4.79 Å². The topological polar surface area (TPSA) is 83.8 Å². The summed E-state index contributed by atoms with van der Waals surface area (Å²) in [7, 11) is 0. The Kier molecular flexibility index (Phi) is 1.68. The fourth-order valence-corrected chi connectivity index (χ4v) is 0.614. The summed E-state index contributed by atoms with van der Waals surface area (Å²) in [6, 6.07) is 0. The number of carbonyl (C=O) groups excluding carboxylic acids is 1. The molecule has 0 spiro atoms. The van der Waals surface area contributed by atoms with E-state index in [0.29, 0.717) is 11.5 Å². The molecule has 0 saturated heterocycles. The maximum Gasteiger partial charge on any atom is 0.283 e. The molecule has 0 aromatic carbocycles. The van der Waals surface area contributed by atoms with Crippen LogP contribution >= 0.6 is 0 Å². The number of imidazole rings is 1. The number of H-pyrrole nitrogens is 1. The lowest BCUT2D eigenvalue weighted by Gasteiger charge is -1.91. The molecule has 0 bridgehead atoms. The third-order valence-electron chi connectivity index (χ3n) is 1.08. The van der Waals surface area contributed by atoms with Crippen LogP contribution in [0.4, 0.5) is 0 Å². The predicted molar refractivity (Wildman–Crippen MR) is 35.0 cm³/mol. The normalized spacial score (nSPS) is 9.40. The number of nitrogens with one attached hydrogen (secondary N) is 2. The zero-order chi connectivity index (χ0) is 7.56. The van der Waals surface area contributed by atoms with Crippen molar-refractivity contribution in [3.8, 4) is 0 Å². The summed E-state index contributed by atoms with van der Waals surface area (Å²) >= 11 is 0. The summed E-state index contributed by atoms with van der Waals surface area (Å²) in [6.45, 7) is 1.76. The van der Waals surface area contributed by atoms with Crippen LogP contribution in [-0.2, 0) is 0 Å². The maximum absolute atomic E-state index is 10.7. The number of rotatable bonds is 1. The highest BCUT2D eigenvalue weighted by Crippen LogP contribution is 1.93. The number of nitrogens with two attached hydrogens (primary N) is 1. The van der Waals surface area contributed by atoms with Crippen LogP contribution in [0, 0.1) is 6.92 Å². The SMILES string of the molecule is Cc1ncc(C(=O)NN)[nH]1. The van der Waals surface area contributed by atoms with Gasteiger partial charge in [-0.05, 0) is 6.92 Å². The second kappa shape index (κ2) is 2.49. The van der Waals surface area contributed by atoms with E-state index in [1.54, 1.807) is 6.92 Å². The van der Waals surface area contributed by atoms with E-state index in [2.05, 4.69) is 9.97 Å². The second-order valence-corrected chi connectivity index (χ2v) is 1.86. The fraction of sp³-hybridized carbons (Fsp3) is 0.200. The predicted octanol–water partition coefficient (Wildman–Crippen LogP) is -0.678. The van der Waals surface area contributed by atoms with Crippen LogP contribution in [0.2, 0.25) is 0 Å². The number of aromatic amines is 1. The zero-order valence-electron chi connectivity index (χ0n) is 5.51. The molecule has 5 nitrogen and oxygen atoms in total. The molecule has 54 valence electrons. The molecule has 1 aromatic rings. The van der Waals surface area contributed by atoms with Gasteiger partial charge in [0.05, 0.1) is 6.20 Å². The lowest BCUT2D eigenvalue weighted by atomic mass is 10.5. The molecule has 1 heterocycles. The molecule has 0 aliphatic heterocycles. The third kappa shape index (κ3) is 1.14. The summed E-state index contributed by atoms with van der Waals surface area (Å²) in [5.41, 5.74) is 2.36. The minimum absolute atomic E-state index is 0.361. The third-order valence-corrected chi connectivity index (χ3v) is 1.08. The highest BCUT2D eigenvalue weighted by atomic mass is 16.2. The van der Waals surface area contributed by atoms with Gasteiger partial charge in [-0.2, -0.15) is 0 Å². The van der Waals surface area contributed by atoms with Crippen molar-refractivity contribution >= 4 is 5.91 Å². The Morgan fingerprint density at radius 3 is 3.00 bits per heavy atom. The molecule has 1 rings (SSSR count). The number of amides is 1. The van der Waals surface area contributed by atoms with Gasteiger partial charge >= 0.3 is 0 Å². The van der Waals surface area contributed by atoms with Gasteiger partial charge in [-0.1, -0.05) is 0 Å². The van der Waals surface area contributed by atoms with Crippen molar-refractivity contribution in [1.29, 1.82) is 0 Å². The van der Waals surface area contributed by atoms with Crippen LogP contribution in [0.5, 0.6) is 0 Å². The highest BCUT2D eigenvalue weighted by molar-refractivity contribution is 5.91. The number of nitrogens with zero attached hydrogens (tertiary/aromatic N) is 1. The van der Waals surface area contributed by atoms with E-state index in [0.717, 1.165) is 0 Å². The Morgan fingerprint density at radius 2 is 2.60 bits per heavy atom. The van der Waals surface area contributed by atoms with E-state index in [-0.39, 0.29) is 5.91 Å². The summed E-state index contributed by atoms with van der Waals surface area (Å²) in [5, 5.41) is 0. The fourth-order valence-electron chi connectivity index (χ4n) is 0.614. The lowest BCUT2D eigenvalue weighted by Crippen LogP contribution is -2.30. The summed E-state index contributed by atoms with van der Waals surface area (Å²) in [4.78, 5) is 17.3. The Labute approximate surface area is 57.6 Å². The van der Waals surface area contributed by atoms with Gasteiger partial charge in [0.1, 0.15) is 11.5 Å². The smallest absolute Gasteiger partial charge is 0.283 e. The van der Waals surface area contributed by atoms with Gasteiger partial charge in [0.15, 0.2) is 0 Å². The molecule has 0 aliphatic rings. The molecule has 0 aliphatic carbocycles. The number of hydrogen-bond donors (Lipinski definition) is 3. The first-order valence-electron chi connectivity index (χ1n) is 2.76. The molecule has 4 N–H and O–H groups in total. The van der Waals surface area contributed by atoms with Gasteiger partial charge < -0.3 is 4.98 Å². The average molecular weight is 140 g/mol. The molecule has 5 heteroatoms. The molecule has 0 unspecified atom stereocenters. The van der Waals surface area contributed by atoms with Crippen LogP contribution in [0.3, 0.4) is 0 Å². The van der Waals surface area contributed by atoms with Gasteiger partial charge in [0.25, 0.3) is 5.91 Å². The first kappa shape index (κ1) is 6.76. The first-order chi connectivity index (χ1) is 4.74. The van der Waals surface area contributed by atoms with Gasteiger partial charge in [-0.3, -0.25) is 10.2 Å². The van der Waals surface area contributed by atoms with Crippen LogP contribution in [0.25, 0.3) is 0 Å². The standard InChI is InChI=1S/C5H8N4O/c1-3-7-2-4(8-3)5(10)9-6/h2H,6H2,1H3,(H,7,8)(H,9,10). The molecular weight excluding hydrogens is 132 g/mol. The van der Waals surface area contributed by atoms with Crippen LogP contribution in [-0.4, -0.2) is 15.9 Å². The summed E-state index contributed by atoms with van der Waals surface area (Å²) in [6.07, 6.45) is 1.43. The number of hydrogen-bond acceptors (Lipinski definition) is 3. The van der Waals surface area contributed by atoms with Crippen molar-refractivity contribution < 1.29 is 4.79 Å². The molecule has 1 aromatic heterocycles. The van der Waals surface area contributed by atoms with Crippen molar-refractivity contribution in [3.05, 3.63) is 17.7 Å². The van der Waals surface area contributed by atoms with E-state index in [4.69, 9.17) is 5.84 Å². The minimum atomic E-state index is -0.361. The monoisotopic (exact) mass is 140 g/mol. The Balaban J connectivity index is 2.85. The second-order valence-electron chi connectivity index (χ2n) is 1.86. The lowest BCUT2D eigenvalue weighted by molar-refractivity contribution is 0.0949. The van der Waals surface area contributed by atoms with Crippen molar-refractivity contribution in [3.63, 3.8) is 0 Å². The minimum Gasteiger partial charge on any atom is -0.338 e. The largest absolute Gasteiger partial charge is 0.338 e. The van der Waals surface area contributed by atoms with Gasteiger partial charge in [-0.15, -0.1) is 0 Å². The molecule has 10 heavy (non-hydrogen) atoms. The van der Waals surface area contributed by atoms with E-state index in [1.165, 1.54) is 6.20 Å². The number of aromatic nitrogens is 2. The molecule has 0 radical (unpaired) electrons. The Morgan fingerprint density at radius 1 is 1.90 bits per heavy atom. The maximum atomic E-state index is 10.7. The molecule has 0 fully saturated rings. The molecule has 1 amide bonds. The van der Waals surface area contributed by atoms with Crippen molar-refractivity contribution in [1.82, 2.24) is 15.4 Å². The molecule has 0 saturated carbocycles. The quantitative estimate of drug-likeness (QED) is 0.274. The highest BCUT2D eigenvalue weighted by Gasteiger charge is 2.03. The molecular formula is C5H8N4O. The van der Waals surface area contributed by atoms with E-state index < -0.39 is 0 Å². The van der Waals surface area contributed by atoms with Crippen LogP contribution in [0.1, 0.15) is 16.3 Å². The first-order valence-corrected chi connectivity index (χ1v) is 2.76. The number of hydrazine groups is 1. The van der Waals surface area contributed by atoms with Gasteiger partial charge in [-0.25, -0.2) is 10.8 Å². The van der Waals surface area contributed by atoms with Gasteiger partial charge in [0.2, 0.25) is 0 Å². The molecule has 0 atom stereocenters. The number of nitrogen functional groups attached to an aromatic ring is 1. The van der Waals surface area contributed by atoms with Crippen molar-refractivity contribution in [2.24, 2.45) is 5.84 Å².